The summed E-state index contributed by atoms with van der Waals surface area (Å²) in [6.07, 6.45) is 2.70. The highest BCUT2D eigenvalue weighted by atomic mass is 35.5. The standard InChI is InChI=1S/C24H28ClN3O4/c1-4-27(18(3)29)17(2)15-31-22-9-7-21(8-10-22)28-12-11-23(13-24(28)30)32-16-20-6-5-19(25)14-26-20/h5-14,17-18,29H,4,15-16H2,1-3H3/t17-,18?/m1/s1. The first kappa shape index (κ1) is 23.8. The molecule has 2 aromatic heterocycles. The van der Waals surface area contributed by atoms with Crippen molar-refractivity contribution in [1.82, 2.24) is 14.5 Å². The zero-order valence-corrected chi connectivity index (χ0v) is 19.2. The molecular weight excluding hydrogens is 430 g/mol. The highest BCUT2D eigenvalue weighted by Crippen LogP contribution is 2.17. The fourth-order valence-corrected chi connectivity index (χ4v) is 3.48. The van der Waals surface area contributed by atoms with Crippen LogP contribution < -0.4 is 15.0 Å². The lowest BCUT2D eigenvalue weighted by Crippen LogP contribution is -2.43. The number of aliphatic hydroxyl groups excluding tert-OH is 1. The molecule has 0 saturated carbocycles. The SMILES string of the molecule is CCN(C(C)O)[C@H](C)COc1ccc(-n2ccc(OCc3ccc(Cl)cn3)cc2=O)cc1. The van der Waals surface area contributed by atoms with Gasteiger partial charge in [-0.3, -0.25) is 19.2 Å². The second-order valence-corrected chi connectivity index (χ2v) is 7.88. The van der Waals surface area contributed by atoms with Crippen LogP contribution in [0.1, 0.15) is 26.5 Å². The van der Waals surface area contributed by atoms with E-state index in [4.69, 9.17) is 21.1 Å². The highest BCUT2D eigenvalue weighted by Gasteiger charge is 2.17. The first-order valence-corrected chi connectivity index (χ1v) is 10.9. The van der Waals surface area contributed by atoms with Crippen LogP contribution in [0.3, 0.4) is 0 Å². The Hall–Kier alpha value is -2.87. The first-order chi connectivity index (χ1) is 15.4. The molecule has 0 aliphatic heterocycles. The fraction of sp³-hybridized carbons (Fsp3) is 0.333. The third kappa shape index (κ3) is 6.32. The Morgan fingerprint density at radius 2 is 1.84 bits per heavy atom. The minimum atomic E-state index is -0.526. The lowest BCUT2D eigenvalue weighted by molar-refractivity contribution is -0.0150. The summed E-state index contributed by atoms with van der Waals surface area (Å²) in [6.45, 7) is 7.19. The minimum absolute atomic E-state index is 0.0675. The van der Waals surface area contributed by atoms with E-state index < -0.39 is 6.23 Å². The molecule has 0 aliphatic rings. The summed E-state index contributed by atoms with van der Waals surface area (Å²) in [5.74, 6) is 1.17. The number of aliphatic hydroxyl groups is 1. The van der Waals surface area contributed by atoms with E-state index in [1.165, 1.54) is 10.6 Å². The number of likely N-dealkylation sites (N-methyl/N-ethyl adjacent to an activating group) is 1. The molecule has 0 aliphatic carbocycles. The van der Waals surface area contributed by atoms with Gasteiger partial charge in [-0.25, -0.2) is 0 Å². The first-order valence-electron chi connectivity index (χ1n) is 10.5. The number of hydrogen-bond donors (Lipinski definition) is 1. The van der Waals surface area contributed by atoms with E-state index in [1.54, 1.807) is 37.5 Å². The molecule has 1 N–H and O–H groups in total. The van der Waals surface area contributed by atoms with Gasteiger partial charge in [0.05, 0.1) is 10.7 Å². The maximum absolute atomic E-state index is 12.6. The van der Waals surface area contributed by atoms with Gasteiger partial charge in [-0.15, -0.1) is 0 Å². The van der Waals surface area contributed by atoms with E-state index in [9.17, 15) is 9.90 Å². The molecule has 1 unspecified atom stereocenters. The molecule has 0 fully saturated rings. The van der Waals surface area contributed by atoms with E-state index in [-0.39, 0.29) is 18.2 Å². The molecule has 3 rings (SSSR count). The molecule has 7 nitrogen and oxygen atoms in total. The van der Waals surface area contributed by atoms with Crippen LogP contribution in [0.2, 0.25) is 5.02 Å². The summed E-state index contributed by atoms with van der Waals surface area (Å²) in [5.41, 5.74) is 1.24. The van der Waals surface area contributed by atoms with Gasteiger partial charge in [-0.1, -0.05) is 18.5 Å². The van der Waals surface area contributed by atoms with Gasteiger partial charge in [-0.2, -0.15) is 0 Å². The van der Waals surface area contributed by atoms with Crippen LogP contribution in [0.15, 0.2) is 65.7 Å². The number of rotatable bonds is 10. The largest absolute Gasteiger partial charge is 0.492 e. The molecule has 0 spiro atoms. The van der Waals surface area contributed by atoms with Crippen molar-refractivity contribution in [2.24, 2.45) is 0 Å². The molecule has 32 heavy (non-hydrogen) atoms. The highest BCUT2D eigenvalue weighted by molar-refractivity contribution is 6.30. The molecule has 3 aromatic rings. The maximum Gasteiger partial charge on any atom is 0.258 e. The molecule has 8 heteroatoms. The summed E-state index contributed by atoms with van der Waals surface area (Å²) in [4.78, 5) is 18.7. The predicted molar refractivity (Wildman–Crippen MR) is 125 cm³/mol. The quantitative estimate of drug-likeness (QED) is 0.465. The van der Waals surface area contributed by atoms with Gasteiger partial charge in [0.15, 0.2) is 0 Å². The van der Waals surface area contributed by atoms with Crippen LogP contribution in [0.25, 0.3) is 5.69 Å². The van der Waals surface area contributed by atoms with Crippen LogP contribution in [0, 0.1) is 0 Å². The smallest absolute Gasteiger partial charge is 0.258 e. The summed E-state index contributed by atoms with van der Waals surface area (Å²) >= 11 is 5.83. The van der Waals surface area contributed by atoms with Crippen molar-refractivity contribution < 1.29 is 14.6 Å². The Morgan fingerprint density at radius 1 is 1.09 bits per heavy atom. The molecule has 170 valence electrons. The Labute approximate surface area is 192 Å². The number of pyridine rings is 2. The number of nitrogens with zero attached hydrogens (tertiary/aromatic N) is 3. The molecule has 0 saturated heterocycles. The number of hydrogen-bond acceptors (Lipinski definition) is 6. The average Bonchev–Trinajstić information content (AvgIpc) is 2.78. The van der Waals surface area contributed by atoms with Crippen molar-refractivity contribution in [1.29, 1.82) is 0 Å². The number of halogens is 1. The van der Waals surface area contributed by atoms with Crippen molar-refractivity contribution in [2.75, 3.05) is 13.2 Å². The normalized spacial score (nSPS) is 13.1. The molecular formula is C24H28ClN3O4. The molecule has 2 heterocycles. The van der Waals surface area contributed by atoms with E-state index in [2.05, 4.69) is 4.98 Å². The van der Waals surface area contributed by atoms with E-state index in [0.29, 0.717) is 23.1 Å². The molecule has 1 aromatic carbocycles. The van der Waals surface area contributed by atoms with Crippen molar-refractivity contribution in [2.45, 2.75) is 39.6 Å². The number of benzene rings is 1. The zero-order chi connectivity index (χ0) is 23.1. The van der Waals surface area contributed by atoms with Gasteiger partial charge in [0.25, 0.3) is 5.56 Å². The second kappa shape index (κ2) is 11.1. The van der Waals surface area contributed by atoms with Gasteiger partial charge >= 0.3 is 0 Å². The van der Waals surface area contributed by atoms with Crippen LogP contribution in [0.4, 0.5) is 0 Å². The average molecular weight is 458 g/mol. The molecule has 0 radical (unpaired) electrons. The zero-order valence-electron chi connectivity index (χ0n) is 18.4. The van der Waals surface area contributed by atoms with Crippen LogP contribution in [0.5, 0.6) is 11.5 Å². The lowest BCUT2D eigenvalue weighted by Gasteiger charge is -2.30. The number of aromatic nitrogens is 2. The molecule has 0 amide bonds. The molecule has 2 atom stereocenters. The third-order valence-electron chi connectivity index (χ3n) is 5.08. The summed E-state index contributed by atoms with van der Waals surface area (Å²) in [7, 11) is 0. The van der Waals surface area contributed by atoms with Gasteiger partial charge in [-0.05, 0) is 62.9 Å². The van der Waals surface area contributed by atoms with E-state index in [0.717, 1.165) is 17.9 Å². The van der Waals surface area contributed by atoms with Crippen molar-refractivity contribution in [3.05, 3.63) is 82.0 Å². The van der Waals surface area contributed by atoms with Crippen LogP contribution >= 0.6 is 11.6 Å². The summed E-state index contributed by atoms with van der Waals surface area (Å²) in [5, 5.41) is 10.4. The van der Waals surface area contributed by atoms with Crippen LogP contribution in [-0.4, -0.2) is 45.0 Å². The second-order valence-electron chi connectivity index (χ2n) is 7.44. The third-order valence-corrected chi connectivity index (χ3v) is 5.31. The summed E-state index contributed by atoms with van der Waals surface area (Å²) in [6, 6.07) is 14.1. The van der Waals surface area contributed by atoms with Crippen LogP contribution in [-0.2, 0) is 6.61 Å². The van der Waals surface area contributed by atoms with Crippen molar-refractivity contribution in [3.8, 4) is 17.2 Å². The van der Waals surface area contributed by atoms with E-state index >= 15 is 0 Å². The van der Waals surface area contributed by atoms with E-state index in [1.807, 2.05) is 43.0 Å². The molecule has 0 bridgehead atoms. The predicted octanol–water partition coefficient (Wildman–Crippen LogP) is 3.89. The van der Waals surface area contributed by atoms with Gasteiger partial charge in [0.1, 0.15) is 30.9 Å². The fourth-order valence-electron chi connectivity index (χ4n) is 3.37. The topological polar surface area (TPSA) is 76.8 Å². The minimum Gasteiger partial charge on any atom is -0.492 e. The Bertz CT molecular complexity index is 1050. The summed E-state index contributed by atoms with van der Waals surface area (Å²) < 4.78 is 13.0. The Balaban J connectivity index is 1.60. The van der Waals surface area contributed by atoms with Gasteiger partial charge < -0.3 is 14.6 Å². The maximum atomic E-state index is 12.6. The van der Waals surface area contributed by atoms with Gasteiger partial charge in [0.2, 0.25) is 0 Å². The van der Waals surface area contributed by atoms with Crippen molar-refractivity contribution in [3.63, 3.8) is 0 Å². The monoisotopic (exact) mass is 457 g/mol. The van der Waals surface area contributed by atoms with Crippen molar-refractivity contribution >= 4 is 11.6 Å². The Morgan fingerprint density at radius 3 is 2.44 bits per heavy atom. The van der Waals surface area contributed by atoms with Gasteiger partial charge in [0, 0.05) is 30.2 Å². The number of ether oxygens (including phenoxy) is 2. The Kier molecular flexibility index (Phi) is 8.27. The lowest BCUT2D eigenvalue weighted by atomic mass is 10.2.